The topological polar surface area (TPSA) is 38.8 Å². The summed E-state index contributed by atoms with van der Waals surface area (Å²) in [4.78, 5) is 13.2. The van der Waals surface area contributed by atoms with Crippen LogP contribution in [0.15, 0.2) is 12.2 Å². The fourth-order valence-corrected chi connectivity index (χ4v) is 3.77. The number of alkyl halides is 1. The number of likely N-dealkylation sites (tertiary alicyclic amines) is 1. The van der Waals surface area contributed by atoms with Gasteiger partial charge in [0, 0.05) is 6.54 Å². The number of amides is 1. The minimum atomic E-state index is -0.328. The normalized spacial score (nSPS) is 46.0. The number of hydrogen-bond donors (Lipinski definition) is 0. The monoisotopic (exact) mass is 273 g/mol. The van der Waals surface area contributed by atoms with Crippen molar-refractivity contribution in [3.63, 3.8) is 0 Å². The molecule has 0 aromatic rings. The average molecular weight is 274 g/mol. The summed E-state index contributed by atoms with van der Waals surface area (Å²) in [5.41, 5.74) is -0.328. The van der Waals surface area contributed by atoms with Crippen LogP contribution >= 0.6 is 15.9 Å². The highest BCUT2D eigenvalue weighted by Crippen LogP contribution is 2.55. The van der Waals surface area contributed by atoms with Gasteiger partial charge in [0.05, 0.1) is 24.1 Å². The molecule has 2 bridgehead atoms. The van der Waals surface area contributed by atoms with Crippen LogP contribution in [0.2, 0.25) is 0 Å². The molecule has 1 spiro atoms. The second-order valence-electron chi connectivity index (χ2n) is 4.40. The molecule has 1 amide bonds. The highest BCUT2D eigenvalue weighted by atomic mass is 79.9. The van der Waals surface area contributed by atoms with Crippen molar-refractivity contribution < 1.29 is 14.3 Å². The molecule has 3 aliphatic rings. The van der Waals surface area contributed by atoms with E-state index in [4.69, 9.17) is 9.47 Å². The second-order valence-corrected chi connectivity index (χ2v) is 5.92. The standard InChI is InChI=1S/C10H12BrNO3/c1-14-8(13)12-5-9(11)4-7-2-3-10(9,6-12)15-7/h2-3,7H,4-6H2,1H3. The Morgan fingerprint density at radius 2 is 2.47 bits per heavy atom. The number of hydrogen-bond acceptors (Lipinski definition) is 3. The quantitative estimate of drug-likeness (QED) is 0.493. The minimum Gasteiger partial charge on any atom is -0.453 e. The zero-order valence-corrected chi connectivity index (χ0v) is 9.99. The molecule has 4 nitrogen and oxygen atoms in total. The van der Waals surface area contributed by atoms with E-state index in [0.717, 1.165) is 6.42 Å². The zero-order valence-electron chi connectivity index (χ0n) is 8.40. The predicted molar refractivity (Wildman–Crippen MR) is 57.0 cm³/mol. The molecule has 3 heterocycles. The van der Waals surface area contributed by atoms with Crippen LogP contribution in [-0.2, 0) is 9.47 Å². The maximum absolute atomic E-state index is 11.5. The molecule has 82 valence electrons. The Labute approximate surface area is 96.3 Å². The molecule has 3 atom stereocenters. The summed E-state index contributed by atoms with van der Waals surface area (Å²) in [6.07, 6.45) is 5.03. The molecule has 5 heteroatoms. The Bertz CT molecular complexity index is 359. The van der Waals surface area contributed by atoms with Crippen molar-refractivity contribution >= 4 is 22.0 Å². The Hall–Kier alpha value is -0.550. The maximum Gasteiger partial charge on any atom is 0.409 e. The van der Waals surface area contributed by atoms with E-state index >= 15 is 0 Å². The lowest BCUT2D eigenvalue weighted by molar-refractivity contribution is 0.0273. The molecule has 2 saturated heterocycles. The predicted octanol–water partition coefficient (Wildman–Crippen LogP) is 1.30. The molecule has 0 radical (unpaired) electrons. The number of methoxy groups -OCH3 is 1. The van der Waals surface area contributed by atoms with Crippen LogP contribution < -0.4 is 0 Å². The first-order chi connectivity index (χ1) is 7.09. The summed E-state index contributed by atoms with van der Waals surface area (Å²) in [5, 5.41) is 0. The average Bonchev–Trinajstić information content (AvgIpc) is 2.78. The van der Waals surface area contributed by atoms with Gasteiger partial charge in [-0.05, 0) is 6.42 Å². The number of rotatable bonds is 0. The number of halogens is 1. The third-order valence-electron chi connectivity index (χ3n) is 3.52. The molecule has 0 aromatic carbocycles. The van der Waals surface area contributed by atoms with Gasteiger partial charge < -0.3 is 14.4 Å². The number of carbonyl (C=O) groups is 1. The van der Waals surface area contributed by atoms with Crippen molar-refractivity contribution in [3.8, 4) is 0 Å². The van der Waals surface area contributed by atoms with Gasteiger partial charge in [0.25, 0.3) is 0 Å². The molecule has 15 heavy (non-hydrogen) atoms. The molecule has 0 aliphatic carbocycles. The highest BCUT2D eigenvalue weighted by Gasteiger charge is 2.65. The minimum absolute atomic E-state index is 0.117. The molecule has 0 N–H and O–H groups in total. The Morgan fingerprint density at radius 1 is 1.67 bits per heavy atom. The number of ether oxygens (including phenoxy) is 2. The lowest BCUT2D eigenvalue weighted by Crippen LogP contribution is -2.43. The number of carbonyl (C=O) groups excluding carboxylic acids is 1. The largest absolute Gasteiger partial charge is 0.453 e. The fraction of sp³-hybridized carbons (Fsp3) is 0.700. The second kappa shape index (κ2) is 2.77. The SMILES string of the molecule is COC(=O)N1CC2(Br)CC3C=CC2(C1)O3. The highest BCUT2D eigenvalue weighted by molar-refractivity contribution is 9.10. The Kier molecular flexibility index (Phi) is 1.78. The van der Waals surface area contributed by atoms with Gasteiger partial charge >= 0.3 is 6.09 Å². The third kappa shape index (κ3) is 1.08. The summed E-state index contributed by atoms with van der Waals surface area (Å²) in [5.74, 6) is 0. The lowest BCUT2D eigenvalue weighted by Gasteiger charge is -2.28. The number of nitrogens with zero attached hydrogens (tertiary/aromatic N) is 1. The third-order valence-corrected chi connectivity index (χ3v) is 4.77. The van der Waals surface area contributed by atoms with Crippen LogP contribution in [-0.4, -0.2) is 47.2 Å². The van der Waals surface area contributed by atoms with Gasteiger partial charge in [0.15, 0.2) is 0 Å². The maximum atomic E-state index is 11.5. The van der Waals surface area contributed by atoms with Gasteiger partial charge in [-0.1, -0.05) is 28.1 Å². The van der Waals surface area contributed by atoms with E-state index < -0.39 is 0 Å². The number of fused-ring (bicyclic) bond motifs is 1. The van der Waals surface area contributed by atoms with E-state index in [9.17, 15) is 4.79 Å². The van der Waals surface area contributed by atoms with E-state index in [-0.39, 0.29) is 22.1 Å². The van der Waals surface area contributed by atoms with Crippen molar-refractivity contribution in [1.82, 2.24) is 4.90 Å². The van der Waals surface area contributed by atoms with Crippen molar-refractivity contribution in [3.05, 3.63) is 12.2 Å². The molecule has 2 fully saturated rings. The van der Waals surface area contributed by atoms with E-state index in [1.54, 1.807) is 4.90 Å². The van der Waals surface area contributed by atoms with Crippen LogP contribution in [0.25, 0.3) is 0 Å². The van der Waals surface area contributed by atoms with Gasteiger partial charge in [-0.3, -0.25) is 0 Å². The molecular weight excluding hydrogens is 262 g/mol. The van der Waals surface area contributed by atoms with Crippen LogP contribution in [0.1, 0.15) is 6.42 Å². The molecule has 0 aromatic heterocycles. The smallest absolute Gasteiger partial charge is 0.409 e. The van der Waals surface area contributed by atoms with Gasteiger partial charge in [0.2, 0.25) is 0 Å². The van der Waals surface area contributed by atoms with Crippen LogP contribution in [0.5, 0.6) is 0 Å². The molecule has 3 unspecified atom stereocenters. The van der Waals surface area contributed by atoms with Gasteiger partial charge in [-0.25, -0.2) is 4.79 Å². The van der Waals surface area contributed by atoms with Gasteiger partial charge in [-0.2, -0.15) is 0 Å². The Morgan fingerprint density at radius 3 is 3.07 bits per heavy atom. The summed E-state index contributed by atoms with van der Waals surface area (Å²) < 4.78 is 10.5. The van der Waals surface area contributed by atoms with Crippen LogP contribution in [0.4, 0.5) is 4.79 Å². The van der Waals surface area contributed by atoms with Gasteiger partial charge in [0.1, 0.15) is 5.60 Å². The van der Waals surface area contributed by atoms with Crippen molar-refractivity contribution in [2.45, 2.75) is 22.5 Å². The van der Waals surface area contributed by atoms with Crippen LogP contribution in [0.3, 0.4) is 0 Å². The lowest BCUT2D eigenvalue weighted by atomic mass is 9.86. The first kappa shape index (κ1) is 9.66. The summed E-state index contributed by atoms with van der Waals surface area (Å²) in [6.45, 7) is 1.23. The molecular formula is C10H12BrNO3. The summed E-state index contributed by atoms with van der Waals surface area (Å²) in [7, 11) is 1.41. The van der Waals surface area contributed by atoms with Gasteiger partial charge in [-0.15, -0.1) is 0 Å². The van der Waals surface area contributed by atoms with Crippen LogP contribution in [0, 0.1) is 0 Å². The van der Waals surface area contributed by atoms with E-state index in [2.05, 4.69) is 28.1 Å². The van der Waals surface area contributed by atoms with Crippen molar-refractivity contribution in [2.75, 3.05) is 20.2 Å². The van der Waals surface area contributed by atoms with E-state index in [0.29, 0.717) is 13.1 Å². The Balaban J connectivity index is 1.90. The fourth-order valence-electron chi connectivity index (χ4n) is 2.80. The first-order valence-electron chi connectivity index (χ1n) is 4.98. The summed E-state index contributed by atoms with van der Waals surface area (Å²) >= 11 is 3.73. The molecule has 0 saturated carbocycles. The molecule has 3 rings (SSSR count). The van der Waals surface area contributed by atoms with Crippen molar-refractivity contribution in [2.24, 2.45) is 0 Å². The molecule has 3 aliphatic heterocycles. The zero-order chi connectivity index (χ0) is 10.7. The first-order valence-corrected chi connectivity index (χ1v) is 5.77. The van der Waals surface area contributed by atoms with E-state index in [1.807, 2.05) is 0 Å². The van der Waals surface area contributed by atoms with E-state index in [1.165, 1.54) is 7.11 Å². The van der Waals surface area contributed by atoms with Crippen molar-refractivity contribution in [1.29, 1.82) is 0 Å². The summed E-state index contributed by atoms with van der Waals surface area (Å²) in [6, 6.07) is 0.